The summed E-state index contributed by atoms with van der Waals surface area (Å²) < 4.78 is 5.33. The standard InChI is InChI=1S/C11H23NO/c1-4-11(2,3)12-9-10-5-7-13-8-6-10/h10,12H,4-9H2,1-3H3. The number of hydrogen-bond acceptors (Lipinski definition) is 2. The highest BCUT2D eigenvalue weighted by Gasteiger charge is 2.18. The van der Waals surface area contributed by atoms with E-state index in [0.29, 0.717) is 5.54 Å². The summed E-state index contributed by atoms with van der Waals surface area (Å²) in [5.41, 5.74) is 0.304. The Kier molecular flexibility index (Phi) is 4.20. The molecule has 0 aliphatic carbocycles. The molecule has 1 aliphatic rings. The lowest BCUT2D eigenvalue weighted by molar-refractivity contribution is 0.0640. The van der Waals surface area contributed by atoms with Crippen LogP contribution in [0.4, 0.5) is 0 Å². The van der Waals surface area contributed by atoms with Crippen molar-refractivity contribution >= 4 is 0 Å². The van der Waals surface area contributed by atoms with Crippen molar-refractivity contribution in [2.24, 2.45) is 5.92 Å². The van der Waals surface area contributed by atoms with Gasteiger partial charge in [-0.3, -0.25) is 0 Å². The van der Waals surface area contributed by atoms with Gasteiger partial charge in [-0.05, 0) is 45.6 Å². The second kappa shape index (κ2) is 4.97. The van der Waals surface area contributed by atoms with E-state index in [0.717, 1.165) is 25.7 Å². The SMILES string of the molecule is CCC(C)(C)NCC1CCOCC1. The van der Waals surface area contributed by atoms with Crippen molar-refractivity contribution in [1.29, 1.82) is 0 Å². The van der Waals surface area contributed by atoms with Crippen molar-refractivity contribution in [2.75, 3.05) is 19.8 Å². The molecule has 0 spiro atoms. The third kappa shape index (κ3) is 4.10. The highest BCUT2D eigenvalue weighted by Crippen LogP contribution is 2.15. The Labute approximate surface area is 82.0 Å². The minimum atomic E-state index is 0.304. The van der Waals surface area contributed by atoms with E-state index in [1.165, 1.54) is 19.3 Å². The molecule has 0 amide bonds. The van der Waals surface area contributed by atoms with Crippen LogP contribution in [0.25, 0.3) is 0 Å². The Morgan fingerprint density at radius 3 is 2.46 bits per heavy atom. The Balaban J connectivity index is 2.17. The molecule has 0 saturated carbocycles. The first-order chi connectivity index (χ1) is 6.14. The molecule has 0 aromatic heterocycles. The smallest absolute Gasteiger partial charge is 0.0469 e. The summed E-state index contributed by atoms with van der Waals surface area (Å²) in [6.45, 7) is 9.84. The van der Waals surface area contributed by atoms with Crippen LogP contribution in [0.2, 0.25) is 0 Å². The number of hydrogen-bond donors (Lipinski definition) is 1. The van der Waals surface area contributed by atoms with Gasteiger partial charge in [0.2, 0.25) is 0 Å². The third-order valence-corrected chi connectivity index (χ3v) is 3.09. The molecule has 0 aromatic carbocycles. The van der Waals surface area contributed by atoms with Crippen molar-refractivity contribution in [3.63, 3.8) is 0 Å². The van der Waals surface area contributed by atoms with Crippen LogP contribution in [-0.4, -0.2) is 25.3 Å². The fourth-order valence-electron chi connectivity index (χ4n) is 1.50. The summed E-state index contributed by atoms with van der Waals surface area (Å²) in [5, 5.41) is 3.62. The molecule has 0 bridgehead atoms. The molecule has 1 rings (SSSR count). The van der Waals surface area contributed by atoms with Gasteiger partial charge < -0.3 is 10.1 Å². The van der Waals surface area contributed by atoms with E-state index in [1.54, 1.807) is 0 Å². The number of rotatable bonds is 4. The predicted octanol–water partition coefficient (Wildman–Crippen LogP) is 2.19. The topological polar surface area (TPSA) is 21.3 Å². The molecule has 78 valence electrons. The fourth-order valence-corrected chi connectivity index (χ4v) is 1.50. The molecular formula is C11H23NO. The van der Waals surface area contributed by atoms with Gasteiger partial charge >= 0.3 is 0 Å². The van der Waals surface area contributed by atoms with E-state index in [9.17, 15) is 0 Å². The maximum Gasteiger partial charge on any atom is 0.0469 e. The lowest BCUT2D eigenvalue weighted by Gasteiger charge is -2.29. The number of nitrogens with one attached hydrogen (secondary N) is 1. The molecule has 0 atom stereocenters. The van der Waals surface area contributed by atoms with E-state index in [1.807, 2.05) is 0 Å². The maximum atomic E-state index is 5.33. The average Bonchev–Trinajstić information content (AvgIpc) is 2.17. The molecule has 0 unspecified atom stereocenters. The van der Waals surface area contributed by atoms with Crippen molar-refractivity contribution in [1.82, 2.24) is 5.32 Å². The first-order valence-electron chi connectivity index (χ1n) is 5.47. The first-order valence-corrected chi connectivity index (χ1v) is 5.47. The second-order valence-corrected chi connectivity index (χ2v) is 4.67. The molecule has 1 fully saturated rings. The molecule has 0 aromatic rings. The molecular weight excluding hydrogens is 162 g/mol. The van der Waals surface area contributed by atoms with Crippen LogP contribution in [0, 0.1) is 5.92 Å². The highest BCUT2D eigenvalue weighted by atomic mass is 16.5. The summed E-state index contributed by atoms with van der Waals surface area (Å²) in [4.78, 5) is 0. The van der Waals surface area contributed by atoms with Gasteiger partial charge in [0, 0.05) is 18.8 Å². The van der Waals surface area contributed by atoms with E-state index in [4.69, 9.17) is 4.74 Å². The van der Waals surface area contributed by atoms with Crippen molar-refractivity contribution in [2.45, 2.75) is 45.6 Å². The zero-order chi connectivity index (χ0) is 9.73. The molecule has 1 saturated heterocycles. The van der Waals surface area contributed by atoms with E-state index < -0.39 is 0 Å². The van der Waals surface area contributed by atoms with E-state index in [-0.39, 0.29) is 0 Å². The van der Waals surface area contributed by atoms with Gasteiger partial charge in [-0.15, -0.1) is 0 Å². The van der Waals surface area contributed by atoms with Crippen LogP contribution in [0.1, 0.15) is 40.0 Å². The Morgan fingerprint density at radius 1 is 1.31 bits per heavy atom. The Hall–Kier alpha value is -0.0800. The van der Waals surface area contributed by atoms with Crippen LogP contribution in [0.15, 0.2) is 0 Å². The monoisotopic (exact) mass is 185 g/mol. The minimum Gasteiger partial charge on any atom is -0.381 e. The van der Waals surface area contributed by atoms with Crippen LogP contribution < -0.4 is 5.32 Å². The Morgan fingerprint density at radius 2 is 1.92 bits per heavy atom. The zero-order valence-corrected chi connectivity index (χ0v) is 9.23. The van der Waals surface area contributed by atoms with Crippen molar-refractivity contribution in [3.8, 4) is 0 Å². The van der Waals surface area contributed by atoms with Crippen molar-refractivity contribution in [3.05, 3.63) is 0 Å². The van der Waals surface area contributed by atoms with Gasteiger partial charge in [0.15, 0.2) is 0 Å². The first kappa shape index (κ1) is 11.0. The average molecular weight is 185 g/mol. The molecule has 1 aliphatic heterocycles. The number of ether oxygens (including phenoxy) is 1. The lowest BCUT2D eigenvalue weighted by Crippen LogP contribution is -2.42. The summed E-state index contributed by atoms with van der Waals surface area (Å²) >= 11 is 0. The lowest BCUT2D eigenvalue weighted by atomic mass is 9.96. The highest BCUT2D eigenvalue weighted by molar-refractivity contribution is 4.77. The van der Waals surface area contributed by atoms with Gasteiger partial charge in [0.1, 0.15) is 0 Å². The van der Waals surface area contributed by atoms with Gasteiger partial charge in [0.25, 0.3) is 0 Å². The summed E-state index contributed by atoms with van der Waals surface area (Å²) in [7, 11) is 0. The van der Waals surface area contributed by atoms with Gasteiger partial charge in [0.05, 0.1) is 0 Å². The minimum absolute atomic E-state index is 0.304. The Bertz CT molecular complexity index is 139. The molecule has 1 heterocycles. The van der Waals surface area contributed by atoms with E-state index >= 15 is 0 Å². The summed E-state index contributed by atoms with van der Waals surface area (Å²) in [6, 6.07) is 0. The maximum absolute atomic E-state index is 5.33. The normalized spacial score (nSPS) is 20.5. The largest absolute Gasteiger partial charge is 0.381 e. The second-order valence-electron chi connectivity index (χ2n) is 4.67. The predicted molar refractivity (Wildman–Crippen MR) is 55.9 cm³/mol. The van der Waals surface area contributed by atoms with E-state index in [2.05, 4.69) is 26.1 Å². The zero-order valence-electron chi connectivity index (χ0n) is 9.23. The fraction of sp³-hybridized carbons (Fsp3) is 1.00. The molecule has 2 heteroatoms. The summed E-state index contributed by atoms with van der Waals surface area (Å²) in [6.07, 6.45) is 3.65. The molecule has 1 N–H and O–H groups in total. The van der Waals surface area contributed by atoms with Gasteiger partial charge in [-0.1, -0.05) is 6.92 Å². The van der Waals surface area contributed by atoms with Crippen molar-refractivity contribution < 1.29 is 4.74 Å². The van der Waals surface area contributed by atoms with Crippen LogP contribution in [0.3, 0.4) is 0 Å². The van der Waals surface area contributed by atoms with Crippen LogP contribution in [0.5, 0.6) is 0 Å². The summed E-state index contributed by atoms with van der Waals surface area (Å²) in [5.74, 6) is 0.833. The van der Waals surface area contributed by atoms with Crippen LogP contribution in [-0.2, 0) is 4.74 Å². The molecule has 13 heavy (non-hydrogen) atoms. The third-order valence-electron chi connectivity index (χ3n) is 3.09. The van der Waals surface area contributed by atoms with Crippen LogP contribution >= 0.6 is 0 Å². The molecule has 2 nitrogen and oxygen atoms in total. The molecule has 0 radical (unpaired) electrons. The van der Waals surface area contributed by atoms with Gasteiger partial charge in [-0.25, -0.2) is 0 Å². The van der Waals surface area contributed by atoms with Gasteiger partial charge in [-0.2, -0.15) is 0 Å². The quantitative estimate of drug-likeness (QED) is 0.725.